The highest BCUT2D eigenvalue weighted by Gasteiger charge is 2.43. The first-order valence-corrected chi connectivity index (χ1v) is 6.67. The minimum atomic E-state index is -1.10. The minimum absolute atomic E-state index is 0.363. The summed E-state index contributed by atoms with van der Waals surface area (Å²) in [4.78, 5) is 25.0. The molecule has 2 amide bonds. The lowest BCUT2D eigenvalue weighted by Crippen LogP contribution is -2.55. The van der Waals surface area contributed by atoms with Gasteiger partial charge >= 0.3 is 12.0 Å². The summed E-state index contributed by atoms with van der Waals surface area (Å²) in [6, 6.07) is -0.363. The summed E-state index contributed by atoms with van der Waals surface area (Å²) >= 11 is 0. The van der Waals surface area contributed by atoms with E-state index in [1.54, 1.807) is 17.9 Å². The summed E-state index contributed by atoms with van der Waals surface area (Å²) in [6.07, 6.45) is 6.17. The predicted octanol–water partition coefficient (Wildman–Crippen LogP) is 0.959. The SMILES string of the molecule is CN(Cc1cnn(C)c1)C(=O)NC1(C(=O)O)CCCC1. The first-order chi connectivity index (χ1) is 9.43. The number of nitrogens with one attached hydrogen (secondary N) is 1. The topological polar surface area (TPSA) is 87.5 Å². The van der Waals surface area contributed by atoms with E-state index in [0.717, 1.165) is 18.4 Å². The molecule has 1 heterocycles. The number of aliphatic carboxylic acids is 1. The van der Waals surface area contributed by atoms with Gasteiger partial charge in [-0.05, 0) is 12.8 Å². The van der Waals surface area contributed by atoms with Crippen LogP contribution in [0.3, 0.4) is 0 Å². The van der Waals surface area contributed by atoms with Crippen molar-refractivity contribution in [3.05, 3.63) is 18.0 Å². The van der Waals surface area contributed by atoms with E-state index >= 15 is 0 Å². The fourth-order valence-electron chi connectivity index (χ4n) is 2.57. The fourth-order valence-corrected chi connectivity index (χ4v) is 2.57. The summed E-state index contributed by atoms with van der Waals surface area (Å²) in [5, 5.41) is 16.1. The average Bonchev–Trinajstić information content (AvgIpc) is 2.99. The smallest absolute Gasteiger partial charge is 0.329 e. The predicted molar refractivity (Wildman–Crippen MR) is 72.0 cm³/mol. The maximum Gasteiger partial charge on any atom is 0.329 e. The molecule has 0 spiro atoms. The maximum absolute atomic E-state index is 12.1. The van der Waals surface area contributed by atoms with Crippen LogP contribution < -0.4 is 5.32 Å². The molecule has 0 aromatic carbocycles. The lowest BCUT2D eigenvalue weighted by Gasteiger charge is -2.28. The van der Waals surface area contributed by atoms with Crippen LogP contribution in [0.5, 0.6) is 0 Å². The highest BCUT2D eigenvalue weighted by molar-refractivity contribution is 5.86. The summed E-state index contributed by atoms with van der Waals surface area (Å²) < 4.78 is 1.66. The Morgan fingerprint density at radius 1 is 1.50 bits per heavy atom. The van der Waals surface area contributed by atoms with Crippen molar-refractivity contribution in [3.8, 4) is 0 Å². The van der Waals surface area contributed by atoms with Crippen molar-refractivity contribution in [2.24, 2.45) is 7.05 Å². The van der Waals surface area contributed by atoms with Crippen molar-refractivity contribution < 1.29 is 14.7 Å². The molecule has 0 aliphatic heterocycles. The number of rotatable bonds is 4. The van der Waals surface area contributed by atoms with Crippen LogP contribution in [-0.4, -0.2) is 44.4 Å². The summed E-state index contributed by atoms with van der Waals surface area (Å²) in [7, 11) is 3.45. The van der Waals surface area contributed by atoms with Crippen molar-refractivity contribution in [1.82, 2.24) is 20.0 Å². The molecule has 0 radical (unpaired) electrons. The van der Waals surface area contributed by atoms with Crippen LogP contribution in [0.4, 0.5) is 4.79 Å². The number of aryl methyl sites for hydroxylation is 1. The zero-order chi connectivity index (χ0) is 14.8. The molecular weight excluding hydrogens is 260 g/mol. The largest absolute Gasteiger partial charge is 0.480 e. The minimum Gasteiger partial charge on any atom is -0.480 e. The van der Waals surface area contributed by atoms with E-state index < -0.39 is 11.5 Å². The third-order valence-corrected chi connectivity index (χ3v) is 3.74. The Hall–Kier alpha value is -2.05. The lowest BCUT2D eigenvalue weighted by molar-refractivity contribution is -0.144. The number of nitrogens with zero attached hydrogens (tertiary/aromatic N) is 3. The van der Waals surface area contributed by atoms with E-state index in [-0.39, 0.29) is 6.03 Å². The van der Waals surface area contributed by atoms with E-state index in [1.807, 2.05) is 13.2 Å². The molecule has 0 saturated heterocycles. The number of carboxylic acid groups (broad SMARTS) is 1. The standard InChI is InChI=1S/C13H20N4O3/c1-16(8-10-7-14-17(2)9-10)12(20)15-13(11(18)19)5-3-4-6-13/h7,9H,3-6,8H2,1-2H3,(H,15,20)(H,18,19). The molecule has 7 nitrogen and oxygen atoms in total. The highest BCUT2D eigenvalue weighted by Crippen LogP contribution is 2.30. The average molecular weight is 280 g/mol. The first kappa shape index (κ1) is 14.4. The van der Waals surface area contributed by atoms with E-state index in [4.69, 9.17) is 0 Å². The van der Waals surface area contributed by atoms with Gasteiger partial charge in [0.15, 0.2) is 0 Å². The van der Waals surface area contributed by atoms with E-state index in [1.165, 1.54) is 4.90 Å². The van der Waals surface area contributed by atoms with Crippen LogP contribution in [0.1, 0.15) is 31.2 Å². The van der Waals surface area contributed by atoms with Gasteiger partial charge in [0.1, 0.15) is 5.54 Å². The van der Waals surface area contributed by atoms with Gasteiger partial charge in [-0.2, -0.15) is 5.10 Å². The highest BCUT2D eigenvalue weighted by atomic mass is 16.4. The zero-order valence-electron chi connectivity index (χ0n) is 11.8. The van der Waals surface area contributed by atoms with Gasteiger partial charge in [-0.1, -0.05) is 12.8 Å². The molecule has 1 fully saturated rings. The molecule has 0 atom stereocenters. The molecule has 1 aromatic heterocycles. The number of carbonyl (C=O) groups is 2. The second-order valence-electron chi connectivity index (χ2n) is 5.40. The number of carboxylic acids is 1. The maximum atomic E-state index is 12.1. The van der Waals surface area contributed by atoms with Gasteiger partial charge in [0.2, 0.25) is 0 Å². The van der Waals surface area contributed by atoms with Gasteiger partial charge in [-0.25, -0.2) is 9.59 Å². The van der Waals surface area contributed by atoms with Gasteiger partial charge in [0.25, 0.3) is 0 Å². The third-order valence-electron chi connectivity index (χ3n) is 3.74. The third kappa shape index (κ3) is 2.92. The summed E-state index contributed by atoms with van der Waals surface area (Å²) in [5.74, 6) is -0.946. The van der Waals surface area contributed by atoms with Crippen LogP contribution in [0.15, 0.2) is 12.4 Å². The molecule has 1 aliphatic rings. The zero-order valence-corrected chi connectivity index (χ0v) is 11.8. The van der Waals surface area contributed by atoms with Crippen LogP contribution in [0.2, 0.25) is 0 Å². The molecule has 7 heteroatoms. The number of carbonyl (C=O) groups excluding carboxylic acids is 1. The first-order valence-electron chi connectivity index (χ1n) is 6.67. The van der Waals surface area contributed by atoms with Gasteiger partial charge in [0, 0.05) is 25.9 Å². The Labute approximate surface area is 117 Å². The Balaban J connectivity index is 1.98. The molecule has 0 bridgehead atoms. The fraction of sp³-hybridized carbons (Fsp3) is 0.615. The Morgan fingerprint density at radius 3 is 2.65 bits per heavy atom. The van der Waals surface area contributed by atoms with Crippen LogP contribution in [-0.2, 0) is 18.4 Å². The van der Waals surface area contributed by atoms with Gasteiger partial charge in [0.05, 0.1) is 12.7 Å². The molecule has 110 valence electrons. The molecule has 1 aromatic rings. The molecule has 1 saturated carbocycles. The van der Waals surface area contributed by atoms with Gasteiger partial charge in [-0.15, -0.1) is 0 Å². The van der Waals surface area contributed by atoms with Crippen molar-refractivity contribution in [2.45, 2.75) is 37.8 Å². The summed E-state index contributed by atoms with van der Waals surface area (Å²) in [5.41, 5.74) is -0.193. The molecular formula is C13H20N4O3. The lowest BCUT2D eigenvalue weighted by atomic mass is 9.98. The Bertz CT molecular complexity index is 505. The monoisotopic (exact) mass is 280 g/mol. The number of aromatic nitrogens is 2. The van der Waals surface area contributed by atoms with Gasteiger partial charge in [-0.3, -0.25) is 4.68 Å². The normalized spacial score (nSPS) is 16.9. The molecule has 20 heavy (non-hydrogen) atoms. The van der Waals surface area contributed by atoms with Crippen molar-refractivity contribution in [1.29, 1.82) is 0 Å². The molecule has 1 aliphatic carbocycles. The van der Waals surface area contributed by atoms with Crippen molar-refractivity contribution in [3.63, 3.8) is 0 Å². The Morgan fingerprint density at radius 2 is 2.15 bits per heavy atom. The second kappa shape index (κ2) is 5.52. The Kier molecular flexibility index (Phi) is 3.96. The van der Waals surface area contributed by atoms with Gasteiger partial charge < -0.3 is 15.3 Å². The van der Waals surface area contributed by atoms with Crippen molar-refractivity contribution in [2.75, 3.05) is 7.05 Å². The number of urea groups is 1. The quantitative estimate of drug-likeness (QED) is 0.860. The van der Waals surface area contributed by atoms with Crippen LogP contribution >= 0.6 is 0 Å². The van der Waals surface area contributed by atoms with E-state index in [2.05, 4.69) is 10.4 Å². The molecule has 2 N–H and O–H groups in total. The number of hydrogen-bond donors (Lipinski definition) is 2. The summed E-state index contributed by atoms with van der Waals surface area (Å²) in [6.45, 7) is 0.398. The number of amides is 2. The molecule has 0 unspecified atom stereocenters. The van der Waals surface area contributed by atoms with E-state index in [0.29, 0.717) is 19.4 Å². The second-order valence-corrected chi connectivity index (χ2v) is 5.40. The van der Waals surface area contributed by atoms with Crippen LogP contribution in [0.25, 0.3) is 0 Å². The van der Waals surface area contributed by atoms with E-state index in [9.17, 15) is 14.7 Å². The number of hydrogen-bond acceptors (Lipinski definition) is 3. The molecule has 2 rings (SSSR count). The van der Waals surface area contributed by atoms with Crippen molar-refractivity contribution >= 4 is 12.0 Å². The van der Waals surface area contributed by atoms with Crippen LogP contribution in [0, 0.1) is 0 Å².